The molecule has 1 aromatic heterocycles. The van der Waals surface area contributed by atoms with Crippen LogP contribution in [0.4, 0.5) is 5.69 Å². The second kappa shape index (κ2) is 6.96. The molecular weight excluding hydrogens is 368 g/mol. The molecule has 0 saturated carbocycles. The number of nitrogens with zero attached hydrogens (tertiary/aromatic N) is 4. The molecule has 0 aliphatic heterocycles. The van der Waals surface area contributed by atoms with Crippen molar-refractivity contribution in [2.24, 2.45) is 5.11 Å². The van der Waals surface area contributed by atoms with Gasteiger partial charge in [-0.2, -0.15) is 8.42 Å². The van der Waals surface area contributed by atoms with E-state index in [-0.39, 0.29) is 11.3 Å². The Bertz CT molecular complexity index is 958. The van der Waals surface area contributed by atoms with E-state index in [1.807, 2.05) is 0 Å². The van der Waals surface area contributed by atoms with Gasteiger partial charge in [0.05, 0.1) is 0 Å². The normalized spacial score (nSPS) is 13.6. The fraction of sp³-hybridized carbons (Fsp3) is 0.214. The van der Waals surface area contributed by atoms with E-state index in [2.05, 4.69) is 10.0 Å². The van der Waals surface area contributed by atoms with Crippen molar-refractivity contribution in [2.75, 3.05) is 0 Å². The third-order valence-electron chi connectivity index (χ3n) is 3.78. The molecule has 0 bridgehead atoms. The lowest BCUT2D eigenvalue weighted by atomic mass is 10.00. The van der Waals surface area contributed by atoms with Crippen LogP contribution in [0.25, 0.3) is 10.4 Å². The van der Waals surface area contributed by atoms with Crippen molar-refractivity contribution >= 4 is 21.8 Å². The lowest BCUT2D eigenvalue weighted by Gasteiger charge is -2.33. The van der Waals surface area contributed by atoms with E-state index >= 15 is 0 Å². The van der Waals surface area contributed by atoms with Crippen molar-refractivity contribution in [2.45, 2.75) is 17.7 Å². The van der Waals surface area contributed by atoms with Gasteiger partial charge >= 0.3 is 5.97 Å². The Labute approximate surface area is 147 Å². The largest absolute Gasteiger partial charge is 0.494 e. The Morgan fingerprint density at radius 2 is 1.69 bits per heavy atom. The predicted octanol–water partition coefficient (Wildman–Crippen LogP) is 2.29. The van der Waals surface area contributed by atoms with Gasteiger partial charge in [-0.15, -0.1) is 0 Å². The van der Waals surface area contributed by atoms with Gasteiger partial charge in [0.1, 0.15) is 0 Å². The summed E-state index contributed by atoms with van der Waals surface area (Å²) in [6, 6.07) is 6.83. The zero-order valence-electron chi connectivity index (χ0n) is 13.1. The summed E-state index contributed by atoms with van der Waals surface area (Å²) in [6.45, 7) is 0. The van der Waals surface area contributed by atoms with E-state index in [4.69, 9.17) is 10.6 Å². The zero-order valence-corrected chi connectivity index (χ0v) is 13.9. The van der Waals surface area contributed by atoms with Crippen LogP contribution in [0.15, 0.2) is 41.5 Å². The quantitative estimate of drug-likeness (QED) is 0.245. The first-order chi connectivity index (χ1) is 12.1. The van der Waals surface area contributed by atoms with Gasteiger partial charge in [0.15, 0.2) is 11.8 Å². The Balaban J connectivity index is 2.82. The summed E-state index contributed by atoms with van der Waals surface area (Å²) in [7, 11) is -5.09. The highest BCUT2D eigenvalue weighted by Crippen LogP contribution is 2.43. The van der Waals surface area contributed by atoms with Gasteiger partial charge in [0.25, 0.3) is 10.1 Å². The Morgan fingerprint density at radius 1 is 1.15 bits per heavy atom. The summed E-state index contributed by atoms with van der Waals surface area (Å²) in [5.41, 5.74) is 8.42. The third kappa shape index (κ3) is 3.28. The van der Waals surface area contributed by atoms with Gasteiger partial charge in [-0.3, -0.25) is 13.9 Å². The Kier molecular flexibility index (Phi) is 5.12. The predicted molar refractivity (Wildman–Crippen MR) is 88.5 cm³/mol. The highest BCUT2D eigenvalue weighted by Gasteiger charge is 2.49. The fourth-order valence-corrected chi connectivity index (χ4v) is 3.89. The Hall–Kier alpha value is -3.21. The number of hydrogen-bond acceptors (Lipinski definition) is 6. The fourth-order valence-electron chi connectivity index (χ4n) is 2.68. The molecule has 12 heteroatoms. The number of aliphatic carboxylic acids is 1. The average Bonchev–Trinajstić information content (AvgIpc) is 2.88. The topological polar surface area (TPSA) is 186 Å². The van der Waals surface area contributed by atoms with Gasteiger partial charge in [-0.25, -0.2) is 0 Å². The van der Waals surface area contributed by atoms with Gasteiger partial charge in [-0.05, 0) is 11.1 Å². The number of aromatic hydroxyl groups is 2. The smallest absolute Gasteiger partial charge is 0.303 e. The molecule has 0 saturated heterocycles. The first kappa shape index (κ1) is 19.1. The molecule has 2 rings (SSSR count). The molecule has 26 heavy (non-hydrogen) atoms. The lowest BCUT2D eigenvalue weighted by molar-refractivity contribution is -0.137. The standard InChI is InChI=1S/C14H14N4O7S/c15-17-16-10-3-1-9(2-4-10)14(26(23,24)25,8-7-13(21)22)18-11(19)5-6-12(18)20/h1-6,19-20H,7-8H2,(H,21,22)(H,23,24,25). The summed E-state index contributed by atoms with van der Waals surface area (Å²) in [5.74, 6) is -2.76. The van der Waals surface area contributed by atoms with E-state index in [0.29, 0.717) is 4.57 Å². The molecule has 11 nitrogen and oxygen atoms in total. The lowest BCUT2D eigenvalue weighted by Crippen LogP contribution is -2.42. The molecule has 4 N–H and O–H groups in total. The minimum absolute atomic E-state index is 0.139. The van der Waals surface area contributed by atoms with E-state index in [1.165, 1.54) is 24.3 Å². The number of carboxylic acids is 1. The van der Waals surface area contributed by atoms with Crippen molar-refractivity contribution in [3.63, 3.8) is 0 Å². The van der Waals surface area contributed by atoms with Crippen LogP contribution in [0.1, 0.15) is 18.4 Å². The number of aromatic nitrogens is 1. The van der Waals surface area contributed by atoms with Crippen LogP contribution < -0.4 is 0 Å². The second-order valence-corrected chi connectivity index (χ2v) is 6.90. The number of hydrogen-bond donors (Lipinski definition) is 4. The van der Waals surface area contributed by atoms with E-state index < -0.39 is 45.6 Å². The second-order valence-electron chi connectivity index (χ2n) is 5.27. The van der Waals surface area contributed by atoms with E-state index in [1.54, 1.807) is 0 Å². The average molecular weight is 382 g/mol. The van der Waals surface area contributed by atoms with Gasteiger partial charge < -0.3 is 15.3 Å². The molecule has 0 spiro atoms. The zero-order chi connectivity index (χ0) is 19.5. The number of carboxylic acid groups (broad SMARTS) is 1. The van der Waals surface area contributed by atoms with Crippen molar-refractivity contribution in [1.82, 2.24) is 4.57 Å². The third-order valence-corrected chi connectivity index (χ3v) is 5.26. The van der Waals surface area contributed by atoms with Gasteiger partial charge in [0.2, 0.25) is 4.87 Å². The van der Waals surface area contributed by atoms with Crippen molar-refractivity contribution in [3.05, 3.63) is 52.4 Å². The van der Waals surface area contributed by atoms with Gasteiger partial charge in [0, 0.05) is 35.6 Å². The van der Waals surface area contributed by atoms with Crippen LogP contribution in [-0.2, 0) is 19.8 Å². The summed E-state index contributed by atoms with van der Waals surface area (Å²) in [6.07, 6.45) is -1.40. The van der Waals surface area contributed by atoms with Crippen LogP contribution in [0.5, 0.6) is 11.8 Å². The molecule has 1 unspecified atom stereocenters. The van der Waals surface area contributed by atoms with Crippen molar-refractivity contribution in [1.29, 1.82) is 0 Å². The monoisotopic (exact) mass is 382 g/mol. The van der Waals surface area contributed by atoms with Crippen molar-refractivity contribution in [3.8, 4) is 11.8 Å². The minimum atomic E-state index is -5.09. The maximum absolute atomic E-state index is 12.3. The molecule has 1 atom stereocenters. The number of carbonyl (C=O) groups is 1. The minimum Gasteiger partial charge on any atom is -0.494 e. The number of benzene rings is 1. The highest BCUT2D eigenvalue weighted by molar-refractivity contribution is 7.86. The van der Waals surface area contributed by atoms with Crippen LogP contribution >= 0.6 is 0 Å². The van der Waals surface area contributed by atoms with Crippen LogP contribution in [-0.4, -0.2) is 38.8 Å². The summed E-state index contributed by atoms with van der Waals surface area (Å²) >= 11 is 0. The highest BCUT2D eigenvalue weighted by atomic mass is 32.2. The molecule has 0 radical (unpaired) electrons. The molecule has 0 fully saturated rings. The maximum atomic E-state index is 12.3. The SMILES string of the molecule is [N-]=[N+]=Nc1ccc(C(CCC(=O)O)(n2c(O)ccc2O)S(=O)(=O)O)cc1. The molecule has 1 heterocycles. The van der Waals surface area contributed by atoms with Crippen LogP contribution in [0.2, 0.25) is 0 Å². The van der Waals surface area contributed by atoms with Gasteiger partial charge in [-0.1, -0.05) is 29.4 Å². The maximum Gasteiger partial charge on any atom is 0.303 e. The summed E-state index contributed by atoms with van der Waals surface area (Å²) in [4.78, 5) is 11.1. The molecule has 0 aliphatic rings. The van der Waals surface area contributed by atoms with Crippen LogP contribution in [0.3, 0.4) is 0 Å². The molecule has 0 aliphatic carbocycles. The van der Waals surface area contributed by atoms with E-state index in [9.17, 15) is 28.0 Å². The first-order valence-corrected chi connectivity index (χ1v) is 8.52. The first-order valence-electron chi connectivity index (χ1n) is 7.08. The number of rotatable bonds is 7. The van der Waals surface area contributed by atoms with Crippen molar-refractivity contribution < 1.29 is 33.1 Å². The summed E-state index contributed by atoms with van der Waals surface area (Å²) in [5, 5.41) is 32.3. The molecule has 2 aromatic rings. The Morgan fingerprint density at radius 3 is 2.12 bits per heavy atom. The number of azide groups is 1. The van der Waals surface area contributed by atoms with Crippen LogP contribution in [0, 0.1) is 0 Å². The molecule has 0 amide bonds. The van der Waals surface area contributed by atoms with E-state index in [0.717, 1.165) is 12.1 Å². The molecular formula is C14H14N4O7S. The molecule has 138 valence electrons. The molecule has 1 aromatic carbocycles. The summed E-state index contributed by atoms with van der Waals surface area (Å²) < 4.78 is 35.1.